The van der Waals surface area contributed by atoms with Crippen molar-refractivity contribution in [2.45, 2.75) is 27.7 Å². The molecule has 3 aromatic rings. The lowest BCUT2D eigenvalue weighted by atomic mass is 10.0. The predicted octanol–water partition coefficient (Wildman–Crippen LogP) is 4.42. The van der Waals surface area contributed by atoms with Crippen LogP contribution in [-0.4, -0.2) is 47.0 Å². The number of carbonyl (C=O) groups excluding carboxylic acids is 1. The van der Waals surface area contributed by atoms with Crippen LogP contribution in [0.25, 0.3) is 0 Å². The van der Waals surface area contributed by atoms with Crippen LogP contribution in [-0.2, 0) is 0 Å². The topological polar surface area (TPSA) is 61.4 Å². The molecule has 1 saturated heterocycles. The Labute approximate surface area is 183 Å². The number of benzene rings is 2. The van der Waals surface area contributed by atoms with Crippen LogP contribution < -0.4 is 10.2 Å². The van der Waals surface area contributed by atoms with Crippen molar-refractivity contribution in [1.82, 2.24) is 14.9 Å². The van der Waals surface area contributed by atoms with Gasteiger partial charge in [-0.1, -0.05) is 35.4 Å². The van der Waals surface area contributed by atoms with Gasteiger partial charge in [0.1, 0.15) is 5.82 Å². The molecule has 1 aliphatic rings. The molecule has 6 heteroatoms. The zero-order valence-electron chi connectivity index (χ0n) is 18.6. The van der Waals surface area contributed by atoms with Gasteiger partial charge in [0.15, 0.2) is 0 Å². The average Bonchev–Trinajstić information content (AvgIpc) is 2.76. The Morgan fingerprint density at radius 2 is 1.52 bits per heavy atom. The number of rotatable bonds is 4. The number of nitrogens with zero attached hydrogens (tertiary/aromatic N) is 4. The van der Waals surface area contributed by atoms with Gasteiger partial charge in [0.05, 0.1) is 0 Å². The third-order valence-electron chi connectivity index (χ3n) is 5.66. The Bertz CT molecular complexity index is 1090. The number of aromatic nitrogens is 2. The van der Waals surface area contributed by atoms with Crippen LogP contribution in [0, 0.1) is 27.7 Å². The van der Waals surface area contributed by atoms with Gasteiger partial charge in [0.2, 0.25) is 5.95 Å². The standard InChI is InChI=1S/C25H29N5O/c1-17-6-9-21(10-7-17)27-25-26-20(4)16-23(28-25)29-11-13-30(14-12-29)24(31)22-15-18(2)5-8-19(22)3/h5-10,15-16H,11-14H2,1-4H3,(H,26,27,28). The lowest BCUT2D eigenvalue weighted by Crippen LogP contribution is -2.49. The van der Waals surface area contributed by atoms with E-state index in [9.17, 15) is 4.79 Å². The molecule has 6 nitrogen and oxygen atoms in total. The van der Waals surface area contributed by atoms with Gasteiger partial charge in [-0.25, -0.2) is 4.98 Å². The van der Waals surface area contributed by atoms with Gasteiger partial charge in [-0.2, -0.15) is 4.98 Å². The molecular formula is C25H29N5O. The molecule has 1 fully saturated rings. The number of amides is 1. The number of hydrogen-bond donors (Lipinski definition) is 1. The SMILES string of the molecule is Cc1ccc(Nc2nc(C)cc(N3CCN(C(=O)c4cc(C)ccc4C)CC3)n2)cc1. The first-order valence-electron chi connectivity index (χ1n) is 10.7. The van der Waals surface area contributed by atoms with E-state index in [1.807, 2.05) is 62.1 Å². The fourth-order valence-electron chi connectivity index (χ4n) is 3.81. The number of piperazine rings is 1. The van der Waals surface area contributed by atoms with Gasteiger partial charge in [-0.05, 0) is 51.5 Å². The van der Waals surface area contributed by atoms with E-state index in [-0.39, 0.29) is 5.91 Å². The lowest BCUT2D eigenvalue weighted by Gasteiger charge is -2.35. The number of nitrogens with one attached hydrogen (secondary N) is 1. The van der Waals surface area contributed by atoms with Gasteiger partial charge in [-0.15, -0.1) is 0 Å². The molecule has 1 aromatic heterocycles. The molecule has 0 aliphatic carbocycles. The quantitative estimate of drug-likeness (QED) is 0.684. The summed E-state index contributed by atoms with van der Waals surface area (Å²) in [5, 5.41) is 3.30. The highest BCUT2D eigenvalue weighted by atomic mass is 16.2. The largest absolute Gasteiger partial charge is 0.353 e. The van der Waals surface area contributed by atoms with Gasteiger partial charge < -0.3 is 15.1 Å². The normalized spacial score (nSPS) is 13.9. The van der Waals surface area contributed by atoms with E-state index < -0.39 is 0 Å². The van der Waals surface area contributed by atoms with Crippen LogP contribution >= 0.6 is 0 Å². The van der Waals surface area contributed by atoms with Crippen LogP contribution in [0.1, 0.15) is 32.7 Å². The highest BCUT2D eigenvalue weighted by Crippen LogP contribution is 2.21. The minimum absolute atomic E-state index is 0.112. The Morgan fingerprint density at radius 3 is 2.23 bits per heavy atom. The molecule has 1 aliphatic heterocycles. The summed E-state index contributed by atoms with van der Waals surface area (Å²) in [5.41, 5.74) is 6.02. The lowest BCUT2D eigenvalue weighted by molar-refractivity contribution is 0.0745. The Morgan fingerprint density at radius 1 is 0.839 bits per heavy atom. The Hall–Kier alpha value is -3.41. The summed E-state index contributed by atoms with van der Waals surface area (Å²) in [6, 6.07) is 16.2. The summed E-state index contributed by atoms with van der Waals surface area (Å²) in [6.07, 6.45) is 0. The zero-order valence-corrected chi connectivity index (χ0v) is 18.6. The monoisotopic (exact) mass is 415 g/mol. The minimum atomic E-state index is 0.112. The third-order valence-corrected chi connectivity index (χ3v) is 5.66. The smallest absolute Gasteiger partial charge is 0.254 e. The summed E-state index contributed by atoms with van der Waals surface area (Å²) in [6.45, 7) is 10.9. The second kappa shape index (κ2) is 8.76. The number of hydrogen-bond acceptors (Lipinski definition) is 5. The molecule has 1 N–H and O–H groups in total. The zero-order chi connectivity index (χ0) is 22.0. The molecule has 0 spiro atoms. The van der Waals surface area contributed by atoms with Crippen LogP contribution in [0.2, 0.25) is 0 Å². The summed E-state index contributed by atoms with van der Waals surface area (Å²) in [7, 11) is 0. The number of anilines is 3. The maximum absolute atomic E-state index is 13.0. The molecular weight excluding hydrogens is 386 g/mol. The van der Waals surface area contributed by atoms with Crippen molar-refractivity contribution < 1.29 is 4.79 Å². The molecule has 31 heavy (non-hydrogen) atoms. The van der Waals surface area contributed by atoms with Crippen molar-refractivity contribution in [3.63, 3.8) is 0 Å². The predicted molar refractivity (Wildman–Crippen MR) is 125 cm³/mol. The van der Waals surface area contributed by atoms with E-state index in [0.717, 1.165) is 47.0 Å². The summed E-state index contributed by atoms with van der Waals surface area (Å²) >= 11 is 0. The first kappa shape index (κ1) is 20.8. The molecule has 0 saturated carbocycles. The van der Waals surface area contributed by atoms with Crippen molar-refractivity contribution in [2.24, 2.45) is 0 Å². The molecule has 1 amide bonds. The molecule has 0 atom stereocenters. The van der Waals surface area contributed by atoms with Crippen molar-refractivity contribution in [1.29, 1.82) is 0 Å². The van der Waals surface area contributed by atoms with Crippen LogP contribution in [0.3, 0.4) is 0 Å². The third kappa shape index (κ3) is 4.85. The summed E-state index contributed by atoms with van der Waals surface area (Å²) in [4.78, 5) is 26.5. The summed E-state index contributed by atoms with van der Waals surface area (Å²) < 4.78 is 0. The van der Waals surface area contributed by atoms with E-state index in [1.54, 1.807) is 0 Å². The van der Waals surface area contributed by atoms with Gasteiger partial charge in [0, 0.05) is 49.2 Å². The Balaban J connectivity index is 1.45. The molecule has 2 heterocycles. The van der Waals surface area contributed by atoms with Gasteiger partial charge >= 0.3 is 0 Å². The second-order valence-corrected chi connectivity index (χ2v) is 8.28. The fourth-order valence-corrected chi connectivity index (χ4v) is 3.81. The highest BCUT2D eigenvalue weighted by Gasteiger charge is 2.24. The van der Waals surface area contributed by atoms with E-state index >= 15 is 0 Å². The molecule has 4 rings (SSSR count). The average molecular weight is 416 g/mol. The van der Waals surface area contributed by atoms with Crippen LogP contribution in [0.15, 0.2) is 48.5 Å². The molecule has 0 radical (unpaired) electrons. The van der Waals surface area contributed by atoms with Crippen molar-refractivity contribution in [3.8, 4) is 0 Å². The van der Waals surface area contributed by atoms with E-state index in [2.05, 4.69) is 34.3 Å². The van der Waals surface area contributed by atoms with E-state index in [0.29, 0.717) is 19.0 Å². The van der Waals surface area contributed by atoms with Gasteiger partial charge in [-0.3, -0.25) is 4.79 Å². The maximum atomic E-state index is 13.0. The van der Waals surface area contributed by atoms with Crippen LogP contribution in [0.4, 0.5) is 17.5 Å². The maximum Gasteiger partial charge on any atom is 0.254 e. The first-order valence-corrected chi connectivity index (χ1v) is 10.7. The molecule has 2 aromatic carbocycles. The summed E-state index contributed by atoms with van der Waals surface area (Å²) in [5.74, 6) is 1.59. The second-order valence-electron chi connectivity index (χ2n) is 8.28. The van der Waals surface area contributed by atoms with E-state index in [4.69, 9.17) is 4.98 Å². The van der Waals surface area contributed by atoms with Crippen molar-refractivity contribution >= 4 is 23.4 Å². The van der Waals surface area contributed by atoms with Crippen molar-refractivity contribution in [3.05, 3.63) is 76.5 Å². The molecule has 0 bridgehead atoms. The number of aryl methyl sites for hydroxylation is 4. The van der Waals surface area contributed by atoms with Crippen molar-refractivity contribution in [2.75, 3.05) is 36.4 Å². The van der Waals surface area contributed by atoms with Crippen LogP contribution in [0.5, 0.6) is 0 Å². The minimum Gasteiger partial charge on any atom is -0.353 e. The van der Waals surface area contributed by atoms with E-state index in [1.165, 1.54) is 5.56 Å². The first-order chi connectivity index (χ1) is 14.9. The Kier molecular flexibility index (Phi) is 5.89. The fraction of sp³-hybridized carbons (Fsp3) is 0.320. The molecule has 0 unspecified atom stereocenters. The highest BCUT2D eigenvalue weighted by molar-refractivity contribution is 5.96. The van der Waals surface area contributed by atoms with Gasteiger partial charge in [0.25, 0.3) is 5.91 Å². The number of carbonyl (C=O) groups is 1. The molecule has 160 valence electrons.